The van der Waals surface area contributed by atoms with Gasteiger partial charge in [0.15, 0.2) is 0 Å². The maximum absolute atomic E-state index is 13.2. The van der Waals surface area contributed by atoms with E-state index in [1.807, 2.05) is 37.3 Å². The topological polar surface area (TPSA) is 78.5 Å². The number of rotatable bonds is 8. The van der Waals surface area contributed by atoms with E-state index in [0.717, 1.165) is 31.2 Å². The van der Waals surface area contributed by atoms with Crippen LogP contribution in [0, 0.1) is 12.8 Å². The van der Waals surface area contributed by atoms with Gasteiger partial charge in [-0.25, -0.2) is 0 Å². The Bertz CT molecular complexity index is 1190. The third-order valence-electron chi connectivity index (χ3n) is 6.54. The molecule has 1 fully saturated rings. The van der Waals surface area contributed by atoms with Crippen molar-refractivity contribution in [2.45, 2.75) is 32.6 Å². The summed E-state index contributed by atoms with van der Waals surface area (Å²) < 4.78 is 0. The molecule has 1 saturated heterocycles. The molecule has 4 rings (SSSR count). The average Bonchev–Trinajstić information content (AvgIpc) is 2.91. The van der Waals surface area contributed by atoms with Gasteiger partial charge in [-0.1, -0.05) is 54.1 Å². The fraction of sp³-hybridized carbons (Fsp3) is 0.300. The van der Waals surface area contributed by atoms with E-state index in [0.29, 0.717) is 36.4 Å². The SMILES string of the molecule is Cc1ccc(C(=O)Nc2cccc(C(=O)N3CCC[C@@H](C(=O)NCCCc4ccccc4)C3)c2)cc1. The number of nitrogens with one attached hydrogen (secondary N) is 2. The first-order valence-electron chi connectivity index (χ1n) is 12.6. The van der Waals surface area contributed by atoms with Crippen LogP contribution in [0.4, 0.5) is 5.69 Å². The predicted molar refractivity (Wildman–Crippen MR) is 142 cm³/mol. The molecule has 1 heterocycles. The highest BCUT2D eigenvalue weighted by Gasteiger charge is 2.29. The van der Waals surface area contributed by atoms with Gasteiger partial charge in [0.25, 0.3) is 11.8 Å². The van der Waals surface area contributed by atoms with Crippen molar-refractivity contribution < 1.29 is 14.4 Å². The summed E-state index contributed by atoms with van der Waals surface area (Å²) in [6.45, 7) is 3.62. The monoisotopic (exact) mass is 483 g/mol. The van der Waals surface area contributed by atoms with Gasteiger partial charge in [0.2, 0.25) is 5.91 Å². The molecule has 3 aromatic carbocycles. The Morgan fingerprint density at radius 3 is 2.47 bits per heavy atom. The summed E-state index contributed by atoms with van der Waals surface area (Å²) in [5, 5.41) is 5.92. The zero-order valence-corrected chi connectivity index (χ0v) is 20.7. The number of nitrogens with zero attached hydrogens (tertiary/aromatic N) is 1. The maximum atomic E-state index is 13.2. The van der Waals surface area contributed by atoms with Crippen molar-refractivity contribution >= 4 is 23.4 Å². The van der Waals surface area contributed by atoms with Crippen molar-refractivity contribution in [3.8, 4) is 0 Å². The first kappa shape index (κ1) is 25.2. The Labute approximate surface area is 212 Å². The van der Waals surface area contributed by atoms with Crippen LogP contribution in [0.1, 0.15) is 51.1 Å². The zero-order chi connectivity index (χ0) is 25.3. The molecule has 3 amide bonds. The van der Waals surface area contributed by atoms with Crippen LogP contribution in [0.2, 0.25) is 0 Å². The number of likely N-dealkylation sites (tertiary alicyclic amines) is 1. The van der Waals surface area contributed by atoms with Crippen molar-refractivity contribution in [2.75, 3.05) is 25.0 Å². The minimum atomic E-state index is -0.221. The van der Waals surface area contributed by atoms with E-state index in [9.17, 15) is 14.4 Å². The molecule has 0 bridgehead atoms. The molecule has 1 aliphatic heterocycles. The number of hydrogen-bond acceptors (Lipinski definition) is 3. The van der Waals surface area contributed by atoms with Crippen LogP contribution in [0.15, 0.2) is 78.9 Å². The minimum Gasteiger partial charge on any atom is -0.356 e. The van der Waals surface area contributed by atoms with Gasteiger partial charge in [0, 0.05) is 36.4 Å². The quantitative estimate of drug-likeness (QED) is 0.450. The van der Waals surface area contributed by atoms with Gasteiger partial charge >= 0.3 is 0 Å². The number of piperidine rings is 1. The van der Waals surface area contributed by atoms with Crippen molar-refractivity contribution in [1.82, 2.24) is 10.2 Å². The van der Waals surface area contributed by atoms with E-state index in [1.54, 1.807) is 41.3 Å². The number of anilines is 1. The molecule has 36 heavy (non-hydrogen) atoms. The van der Waals surface area contributed by atoms with Crippen LogP contribution >= 0.6 is 0 Å². The summed E-state index contributed by atoms with van der Waals surface area (Å²) in [6, 6.07) is 24.5. The fourth-order valence-corrected chi connectivity index (χ4v) is 4.49. The second-order valence-electron chi connectivity index (χ2n) is 9.37. The van der Waals surface area contributed by atoms with Crippen LogP contribution in [-0.4, -0.2) is 42.3 Å². The second-order valence-corrected chi connectivity index (χ2v) is 9.37. The van der Waals surface area contributed by atoms with E-state index in [4.69, 9.17) is 0 Å². The van der Waals surface area contributed by atoms with Crippen molar-refractivity contribution in [1.29, 1.82) is 0 Å². The van der Waals surface area contributed by atoms with Crippen LogP contribution in [0.25, 0.3) is 0 Å². The van der Waals surface area contributed by atoms with Gasteiger partial charge in [-0.05, 0) is 68.5 Å². The van der Waals surface area contributed by atoms with Crippen molar-refractivity contribution in [3.63, 3.8) is 0 Å². The molecule has 2 N–H and O–H groups in total. The summed E-state index contributed by atoms with van der Waals surface area (Å²) in [4.78, 5) is 40.3. The van der Waals surface area contributed by atoms with Gasteiger partial charge in [0.05, 0.1) is 5.92 Å². The molecule has 186 valence electrons. The number of aryl methyl sites for hydroxylation is 2. The largest absolute Gasteiger partial charge is 0.356 e. The molecule has 0 spiro atoms. The lowest BCUT2D eigenvalue weighted by Crippen LogP contribution is -2.45. The van der Waals surface area contributed by atoms with E-state index >= 15 is 0 Å². The first-order valence-corrected chi connectivity index (χ1v) is 12.6. The molecule has 6 heteroatoms. The standard InChI is InChI=1S/C30H33N3O3/c1-22-14-16-24(17-15-22)29(35)32-27-13-5-11-25(20-27)30(36)33-19-7-12-26(21-33)28(34)31-18-6-10-23-8-3-2-4-9-23/h2-5,8-9,11,13-17,20,26H,6-7,10,12,18-19,21H2,1H3,(H,31,34)(H,32,35)/t26-/m1/s1. The Hall–Kier alpha value is -3.93. The summed E-state index contributed by atoms with van der Waals surface area (Å²) in [5.41, 5.74) is 3.97. The maximum Gasteiger partial charge on any atom is 0.255 e. The molecular formula is C30H33N3O3. The number of carbonyl (C=O) groups excluding carboxylic acids is 3. The van der Waals surface area contributed by atoms with Gasteiger partial charge < -0.3 is 15.5 Å². The zero-order valence-electron chi connectivity index (χ0n) is 20.7. The van der Waals surface area contributed by atoms with Crippen LogP contribution in [0.3, 0.4) is 0 Å². The molecule has 6 nitrogen and oxygen atoms in total. The highest BCUT2D eigenvalue weighted by atomic mass is 16.2. The highest BCUT2D eigenvalue weighted by Crippen LogP contribution is 2.21. The summed E-state index contributed by atoms with van der Waals surface area (Å²) in [6.07, 6.45) is 3.37. The predicted octanol–water partition coefficient (Wildman–Crippen LogP) is 4.85. The van der Waals surface area contributed by atoms with E-state index in [-0.39, 0.29) is 23.6 Å². The van der Waals surface area contributed by atoms with Crippen molar-refractivity contribution in [3.05, 3.63) is 101 Å². The van der Waals surface area contributed by atoms with E-state index in [2.05, 4.69) is 22.8 Å². The molecule has 0 unspecified atom stereocenters. The molecule has 0 radical (unpaired) electrons. The van der Waals surface area contributed by atoms with Crippen LogP contribution in [0.5, 0.6) is 0 Å². The molecule has 0 aliphatic carbocycles. The molecule has 0 aromatic heterocycles. The first-order chi connectivity index (χ1) is 17.5. The number of benzene rings is 3. The van der Waals surface area contributed by atoms with E-state index < -0.39 is 0 Å². The Balaban J connectivity index is 1.29. The normalized spacial score (nSPS) is 15.2. The lowest BCUT2D eigenvalue weighted by atomic mass is 9.96. The summed E-state index contributed by atoms with van der Waals surface area (Å²) >= 11 is 0. The Kier molecular flexibility index (Phi) is 8.50. The third-order valence-corrected chi connectivity index (χ3v) is 6.54. The molecule has 1 aliphatic rings. The molecule has 3 aromatic rings. The summed E-state index contributed by atoms with van der Waals surface area (Å²) in [7, 11) is 0. The minimum absolute atomic E-state index is 0.0136. The van der Waals surface area contributed by atoms with Crippen LogP contribution < -0.4 is 10.6 Å². The summed E-state index contributed by atoms with van der Waals surface area (Å²) in [5.74, 6) is -0.534. The Morgan fingerprint density at radius 2 is 1.69 bits per heavy atom. The second kappa shape index (κ2) is 12.2. The van der Waals surface area contributed by atoms with Gasteiger partial charge in [0.1, 0.15) is 0 Å². The molecule has 1 atom stereocenters. The lowest BCUT2D eigenvalue weighted by Gasteiger charge is -2.32. The van der Waals surface area contributed by atoms with Crippen molar-refractivity contribution in [2.24, 2.45) is 5.92 Å². The van der Waals surface area contributed by atoms with Gasteiger partial charge in [-0.15, -0.1) is 0 Å². The van der Waals surface area contributed by atoms with Gasteiger partial charge in [-0.3, -0.25) is 14.4 Å². The smallest absolute Gasteiger partial charge is 0.255 e. The third kappa shape index (κ3) is 6.81. The average molecular weight is 484 g/mol. The number of hydrogen-bond donors (Lipinski definition) is 2. The number of amides is 3. The van der Waals surface area contributed by atoms with E-state index in [1.165, 1.54) is 5.56 Å². The molecule has 0 saturated carbocycles. The molecular weight excluding hydrogens is 450 g/mol. The lowest BCUT2D eigenvalue weighted by molar-refractivity contribution is -0.126. The number of carbonyl (C=O) groups is 3. The van der Waals surface area contributed by atoms with Gasteiger partial charge in [-0.2, -0.15) is 0 Å². The Morgan fingerprint density at radius 1 is 0.917 bits per heavy atom. The van der Waals surface area contributed by atoms with Crippen LogP contribution in [-0.2, 0) is 11.2 Å². The highest BCUT2D eigenvalue weighted by molar-refractivity contribution is 6.05. The fourth-order valence-electron chi connectivity index (χ4n) is 4.49.